The minimum absolute atomic E-state index is 0.000333. The molecular formula is C25H35N5O18P2S. The summed E-state index contributed by atoms with van der Waals surface area (Å²) in [5.41, 5.74) is 6.41. The predicted octanol–water partition coefficient (Wildman–Crippen LogP) is -1.13. The first-order valence-electron chi connectivity index (χ1n) is 14.7. The SMILES string of the molecule is CC(=O)OC[C@H](OC(C)=O)C1OC(OP(=O)(O)OP(O)(=S)OC[C@H]2O[C@@H](n3cnc4c(N)ncnc43)C[C@@H]2O)C(OC(C)=O)C(O)C1OC(C)=O. The van der Waals surface area contributed by atoms with Crippen molar-refractivity contribution in [1.29, 1.82) is 0 Å². The number of phosphoric ester groups is 1. The minimum Gasteiger partial charge on any atom is -0.462 e. The second-order valence-electron chi connectivity index (χ2n) is 11.0. The maximum atomic E-state index is 13.2. The molecule has 2 aromatic rings. The van der Waals surface area contributed by atoms with Gasteiger partial charge in [-0.3, -0.25) is 28.3 Å². The third-order valence-corrected chi connectivity index (χ3v) is 10.6. The lowest BCUT2D eigenvalue weighted by molar-refractivity contribution is -0.299. The van der Waals surface area contributed by atoms with Crippen molar-refractivity contribution in [2.24, 2.45) is 0 Å². The van der Waals surface area contributed by atoms with E-state index in [9.17, 15) is 43.7 Å². The number of carbonyl (C=O) groups is 4. The Labute approximate surface area is 293 Å². The third kappa shape index (κ3) is 10.7. The molecule has 2 aromatic heterocycles. The molecule has 26 heteroatoms. The molecular weight excluding hydrogens is 752 g/mol. The van der Waals surface area contributed by atoms with Crippen LogP contribution in [0.1, 0.15) is 40.3 Å². The summed E-state index contributed by atoms with van der Waals surface area (Å²) >= 11 is 4.87. The van der Waals surface area contributed by atoms with Crippen LogP contribution in [0.2, 0.25) is 0 Å². The number of phosphoric acid groups is 1. The van der Waals surface area contributed by atoms with Gasteiger partial charge >= 0.3 is 38.4 Å². The van der Waals surface area contributed by atoms with Crippen LogP contribution in [0.15, 0.2) is 12.7 Å². The molecule has 2 fully saturated rings. The number of imidazole rings is 1. The van der Waals surface area contributed by atoms with Gasteiger partial charge in [-0.15, -0.1) is 0 Å². The number of hydrogen-bond acceptors (Lipinski definition) is 21. The number of aliphatic hydroxyl groups is 2. The average Bonchev–Trinajstić information content (AvgIpc) is 3.60. The Bertz CT molecular complexity index is 1720. The lowest BCUT2D eigenvalue weighted by Gasteiger charge is -2.44. The molecule has 284 valence electrons. The highest BCUT2D eigenvalue weighted by atomic mass is 32.5. The van der Waals surface area contributed by atoms with Crippen molar-refractivity contribution >= 4 is 67.2 Å². The number of anilines is 1. The number of carbonyl (C=O) groups excluding carboxylic acids is 4. The van der Waals surface area contributed by atoms with Crippen LogP contribution in [-0.2, 0) is 77.3 Å². The largest absolute Gasteiger partial charge is 0.481 e. The lowest BCUT2D eigenvalue weighted by atomic mass is 9.95. The summed E-state index contributed by atoms with van der Waals surface area (Å²) in [6.45, 7) is -2.25. The number of ether oxygens (including phenoxy) is 6. The summed E-state index contributed by atoms with van der Waals surface area (Å²) in [5, 5.41) is 21.7. The van der Waals surface area contributed by atoms with Crippen molar-refractivity contribution in [3.63, 3.8) is 0 Å². The van der Waals surface area contributed by atoms with Crippen molar-refractivity contribution in [3.05, 3.63) is 12.7 Å². The Balaban J connectivity index is 1.48. The Morgan fingerprint density at radius 2 is 1.69 bits per heavy atom. The van der Waals surface area contributed by atoms with Gasteiger partial charge in [0.25, 0.3) is 0 Å². The topological polar surface area (TPSA) is 319 Å². The van der Waals surface area contributed by atoms with Crippen LogP contribution < -0.4 is 5.73 Å². The summed E-state index contributed by atoms with van der Waals surface area (Å²) in [6.07, 6.45) is -12.2. The van der Waals surface area contributed by atoms with Gasteiger partial charge < -0.3 is 58.7 Å². The van der Waals surface area contributed by atoms with E-state index in [4.69, 9.17) is 59.3 Å². The van der Waals surface area contributed by atoms with Crippen molar-refractivity contribution in [2.45, 2.75) is 89.4 Å². The predicted molar refractivity (Wildman–Crippen MR) is 167 cm³/mol. The molecule has 4 heterocycles. The number of aromatic nitrogens is 4. The minimum atomic E-state index is -5.61. The molecule has 6 N–H and O–H groups in total. The number of fused-ring (bicyclic) bond motifs is 1. The molecule has 0 aliphatic carbocycles. The highest BCUT2D eigenvalue weighted by molar-refractivity contribution is 8.08. The lowest BCUT2D eigenvalue weighted by Crippen LogP contribution is -2.64. The molecule has 51 heavy (non-hydrogen) atoms. The highest BCUT2D eigenvalue weighted by Gasteiger charge is 2.55. The van der Waals surface area contributed by atoms with E-state index in [0.29, 0.717) is 5.65 Å². The summed E-state index contributed by atoms with van der Waals surface area (Å²) in [6, 6.07) is 0. The number of hydrogen-bond donors (Lipinski definition) is 5. The second-order valence-corrected chi connectivity index (χ2v) is 15.4. The molecule has 7 unspecified atom stereocenters. The summed E-state index contributed by atoms with van der Waals surface area (Å²) in [7, 11) is -5.61. The standard InChI is InChI=1S/C25H35N5O18P2S/c1-10(31)40-6-16(42-11(2)32)20-21(43-12(3)33)19(36)22(44-13(4)34)25(46-20)47-49(37,38)48-50(39,51)41-7-15-14(35)5-17(45-15)30-9-29-18-23(26)27-8-28-24(18)30/h8-9,14-17,19-22,25,35-36H,5-7H2,1-4H3,(H,37,38)(H,39,51)(H2,26,27,28)/t14-,15+,16-,17+,19?,20?,21?,22?,25?,50?/m0/s1. The summed E-state index contributed by atoms with van der Waals surface area (Å²) < 4.78 is 61.2. The third-order valence-electron chi connectivity index (χ3n) is 7.04. The highest BCUT2D eigenvalue weighted by Crippen LogP contribution is 2.62. The molecule has 0 spiro atoms. The first-order valence-corrected chi connectivity index (χ1v) is 18.8. The molecule has 0 saturated carbocycles. The van der Waals surface area contributed by atoms with Gasteiger partial charge in [-0.25, -0.2) is 23.8 Å². The van der Waals surface area contributed by atoms with Crippen molar-refractivity contribution in [1.82, 2.24) is 19.5 Å². The average molecular weight is 788 g/mol. The zero-order valence-electron chi connectivity index (χ0n) is 27.1. The Kier molecular flexibility index (Phi) is 13.2. The number of nitrogens with zero attached hydrogens (tertiary/aromatic N) is 4. The van der Waals surface area contributed by atoms with E-state index in [2.05, 4.69) is 15.0 Å². The van der Waals surface area contributed by atoms with Crippen molar-refractivity contribution in [2.75, 3.05) is 18.9 Å². The fourth-order valence-electron chi connectivity index (χ4n) is 5.08. The van der Waals surface area contributed by atoms with Gasteiger partial charge in [-0.2, -0.15) is 0 Å². The van der Waals surface area contributed by atoms with Crippen LogP contribution in [0, 0.1) is 0 Å². The van der Waals surface area contributed by atoms with Gasteiger partial charge in [0, 0.05) is 34.1 Å². The van der Waals surface area contributed by atoms with E-state index in [1.165, 1.54) is 17.2 Å². The van der Waals surface area contributed by atoms with Gasteiger partial charge in [0.05, 0.1) is 19.0 Å². The van der Waals surface area contributed by atoms with Gasteiger partial charge in [-0.1, -0.05) is 0 Å². The molecule has 2 aliphatic rings. The Morgan fingerprint density at radius 3 is 2.31 bits per heavy atom. The van der Waals surface area contributed by atoms with E-state index < -0.39 is 107 Å². The molecule has 0 aromatic carbocycles. The molecule has 0 bridgehead atoms. The molecule has 0 amide bonds. The van der Waals surface area contributed by atoms with Crippen LogP contribution in [0.4, 0.5) is 5.82 Å². The van der Waals surface area contributed by atoms with Crippen molar-refractivity contribution in [3.8, 4) is 0 Å². The fraction of sp³-hybridized carbons (Fsp3) is 0.640. The van der Waals surface area contributed by atoms with Crippen LogP contribution in [-0.4, -0.2) is 126 Å². The number of aliphatic hydroxyl groups excluding tert-OH is 2. The smallest absolute Gasteiger partial charge is 0.462 e. The molecule has 2 saturated heterocycles. The van der Waals surface area contributed by atoms with Crippen molar-refractivity contribution < 1.29 is 85.5 Å². The molecule has 2 aliphatic heterocycles. The van der Waals surface area contributed by atoms with Crippen LogP contribution >= 0.6 is 14.5 Å². The van der Waals surface area contributed by atoms with Gasteiger partial charge in [-0.05, 0) is 11.8 Å². The Hall–Kier alpha value is -3.25. The van der Waals surface area contributed by atoms with Crippen LogP contribution in [0.25, 0.3) is 11.2 Å². The second kappa shape index (κ2) is 16.6. The van der Waals surface area contributed by atoms with E-state index in [-0.39, 0.29) is 17.8 Å². The first kappa shape index (κ1) is 40.5. The van der Waals surface area contributed by atoms with Crippen LogP contribution in [0.5, 0.6) is 0 Å². The number of nitrogens with two attached hydrogens (primary N) is 1. The summed E-state index contributed by atoms with van der Waals surface area (Å²) in [5.74, 6) is -3.72. The molecule has 4 rings (SSSR count). The number of nitrogen functional groups attached to an aromatic ring is 1. The number of esters is 4. The van der Waals surface area contributed by atoms with E-state index in [1.54, 1.807) is 0 Å². The van der Waals surface area contributed by atoms with Gasteiger partial charge in [0.15, 0.2) is 29.8 Å². The van der Waals surface area contributed by atoms with Crippen LogP contribution in [0.3, 0.4) is 0 Å². The normalized spacial score (nSPS) is 29.3. The first-order chi connectivity index (χ1) is 23.8. The van der Waals surface area contributed by atoms with E-state index in [1.807, 2.05) is 0 Å². The quantitative estimate of drug-likeness (QED) is 0.0859. The summed E-state index contributed by atoms with van der Waals surface area (Å²) in [4.78, 5) is 80.6. The maximum Gasteiger partial charge on any atom is 0.481 e. The van der Waals surface area contributed by atoms with E-state index >= 15 is 0 Å². The van der Waals surface area contributed by atoms with E-state index in [0.717, 1.165) is 27.7 Å². The molecule has 23 nitrogen and oxygen atoms in total. The molecule has 11 atom stereocenters. The Morgan fingerprint density at radius 1 is 1.02 bits per heavy atom. The van der Waals surface area contributed by atoms with Gasteiger partial charge in [0.1, 0.15) is 43.0 Å². The van der Waals surface area contributed by atoms with Gasteiger partial charge in [0.2, 0.25) is 6.29 Å². The zero-order valence-corrected chi connectivity index (χ0v) is 29.8. The number of rotatable bonds is 14. The zero-order chi connectivity index (χ0) is 37.8. The molecule has 0 radical (unpaired) electrons. The monoisotopic (exact) mass is 787 g/mol. The maximum absolute atomic E-state index is 13.2. The fourth-order valence-corrected chi connectivity index (χ4v) is 8.17.